The molecular formula is C21H17BrO2. The van der Waals surface area contributed by atoms with E-state index in [0.717, 1.165) is 21.4 Å². The summed E-state index contributed by atoms with van der Waals surface area (Å²) < 4.78 is 6.81. The van der Waals surface area contributed by atoms with Crippen molar-refractivity contribution >= 4 is 27.8 Å². The van der Waals surface area contributed by atoms with Crippen LogP contribution in [0.15, 0.2) is 69.6 Å². The highest BCUT2D eigenvalue weighted by molar-refractivity contribution is 9.10. The average Bonchev–Trinajstić information content (AvgIpc) is 3.05. The summed E-state index contributed by atoms with van der Waals surface area (Å²) in [6.45, 7) is 4.04. The lowest BCUT2D eigenvalue weighted by atomic mass is 10.0. The monoisotopic (exact) mass is 380 g/mol. The van der Waals surface area contributed by atoms with Gasteiger partial charge in [0.2, 0.25) is 0 Å². The number of halogens is 1. The minimum atomic E-state index is -0.0281. The topological polar surface area (TPSA) is 30.2 Å². The molecular weight excluding hydrogens is 364 g/mol. The van der Waals surface area contributed by atoms with E-state index in [0.29, 0.717) is 11.3 Å². The van der Waals surface area contributed by atoms with E-state index < -0.39 is 0 Å². The van der Waals surface area contributed by atoms with E-state index in [9.17, 15) is 4.79 Å². The smallest absolute Gasteiger partial charge is 0.185 e. The molecule has 1 heterocycles. The van der Waals surface area contributed by atoms with Crippen molar-refractivity contribution in [3.63, 3.8) is 0 Å². The summed E-state index contributed by atoms with van der Waals surface area (Å²) in [5.74, 6) is 1.41. The highest BCUT2D eigenvalue weighted by Gasteiger charge is 2.05. The van der Waals surface area contributed by atoms with Gasteiger partial charge in [0, 0.05) is 15.6 Å². The normalized spacial score (nSPS) is 11.1. The molecule has 24 heavy (non-hydrogen) atoms. The van der Waals surface area contributed by atoms with Crippen LogP contribution in [0.3, 0.4) is 0 Å². The van der Waals surface area contributed by atoms with E-state index in [1.807, 2.05) is 68.4 Å². The predicted octanol–water partition coefficient (Wildman–Crippen LogP) is 6.22. The number of hydrogen-bond acceptors (Lipinski definition) is 2. The van der Waals surface area contributed by atoms with Gasteiger partial charge in [0.25, 0.3) is 0 Å². The van der Waals surface area contributed by atoms with Crippen LogP contribution in [-0.2, 0) is 0 Å². The molecule has 3 heteroatoms. The first kappa shape index (κ1) is 16.5. The van der Waals surface area contributed by atoms with Gasteiger partial charge in [-0.15, -0.1) is 0 Å². The van der Waals surface area contributed by atoms with E-state index in [1.165, 1.54) is 5.56 Å². The molecule has 0 atom stereocenters. The standard InChI is InChI=1S/C21H17BrO2/c1-14-3-4-17(13-15(14)2)20(23)11-9-19-10-12-21(24-19)16-5-7-18(22)8-6-16/h3-13H,1-2H3/b11-9+. The van der Waals surface area contributed by atoms with Gasteiger partial charge < -0.3 is 4.42 Å². The molecule has 0 radical (unpaired) electrons. The zero-order chi connectivity index (χ0) is 17.1. The Morgan fingerprint density at radius 2 is 1.71 bits per heavy atom. The zero-order valence-corrected chi connectivity index (χ0v) is 15.1. The number of carbonyl (C=O) groups excluding carboxylic acids is 1. The molecule has 0 saturated heterocycles. The third-order valence-corrected chi connectivity index (χ3v) is 4.47. The lowest BCUT2D eigenvalue weighted by Gasteiger charge is -2.01. The van der Waals surface area contributed by atoms with Crippen molar-refractivity contribution < 1.29 is 9.21 Å². The third-order valence-electron chi connectivity index (χ3n) is 3.95. The molecule has 0 spiro atoms. The molecule has 0 unspecified atom stereocenters. The van der Waals surface area contributed by atoms with Gasteiger partial charge in [-0.1, -0.05) is 40.2 Å². The number of aryl methyl sites for hydroxylation is 2. The maximum atomic E-state index is 12.3. The molecule has 3 aromatic rings. The van der Waals surface area contributed by atoms with Crippen molar-refractivity contribution in [2.45, 2.75) is 13.8 Å². The molecule has 0 N–H and O–H groups in total. The molecule has 0 aliphatic heterocycles. The Kier molecular flexibility index (Phi) is 4.81. The van der Waals surface area contributed by atoms with Gasteiger partial charge in [0.05, 0.1) is 0 Å². The summed E-state index contributed by atoms with van der Waals surface area (Å²) >= 11 is 3.42. The molecule has 0 bridgehead atoms. The summed E-state index contributed by atoms with van der Waals surface area (Å²) in [5.41, 5.74) is 3.98. The first-order chi connectivity index (χ1) is 11.5. The van der Waals surface area contributed by atoms with E-state index in [1.54, 1.807) is 12.2 Å². The molecule has 120 valence electrons. The largest absolute Gasteiger partial charge is 0.457 e. The van der Waals surface area contributed by atoms with Crippen LogP contribution in [0, 0.1) is 13.8 Å². The molecule has 0 aliphatic rings. The molecule has 1 aromatic heterocycles. The molecule has 2 aromatic carbocycles. The highest BCUT2D eigenvalue weighted by atomic mass is 79.9. The van der Waals surface area contributed by atoms with Gasteiger partial charge in [-0.3, -0.25) is 4.79 Å². The summed E-state index contributed by atoms with van der Waals surface area (Å²) in [7, 11) is 0. The summed E-state index contributed by atoms with van der Waals surface area (Å²) in [6.07, 6.45) is 3.26. The Labute approximate surface area is 150 Å². The second-order valence-corrected chi connectivity index (χ2v) is 6.62. The zero-order valence-electron chi connectivity index (χ0n) is 13.5. The van der Waals surface area contributed by atoms with Crippen LogP contribution < -0.4 is 0 Å². The van der Waals surface area contributed by atoms with Crippen molar-refractivity contribution in [2.75, 3.05) is 0 Å². The van der Waals surface area contributed by atoms with Crippen molar-refractivity contribution in [3.8, 4) is 11.3 Å². The Balaban J connectivity index is 1.76. The van der Waals surface area contributed by atoms with Crippen LogP contribution in [0.25, 0.3) is 17.4 Å². The van der Waals surface area contributed by atoms with Crippen molar-refractivity contribution in [1.29, 1.82) is 0 Å². The van der Waals surface area contributed by atoms with Gasteiger partial charge in [0.15, 0.2) is 5.78 Å². The molecule has 2 nitrogen and oxygen atoms in total. The van der Waals surface area contributed by atoms with Crippen LogP contribution in [0.1, 0.15) is 27.2 Å². The number of carbonyl (C=O) groups is 1. The number of allylic oxidation sites excluding steroid dienone is 1. The highest BCUT2D eigenvalue weighted by Crippen LogP contribution is 2.24. The summed E-state index contributed by atoms with van der Waals surface area (Å²) in [6, 6.07) is 17.4. The maximum Gasteiger partial charge on any atom is 0.185 e. The molecule has 0 amide bonds. The van der Waals surface area contributed by atoms with Crippen molar-refractivity contribution in [3.05, 3.63) is 87.6 Å². The lowest BCUT2D eigenvalue weighted by Crippen LogP contribution is -1.95. The van der Waals surface area contributed by atoms with Crippen molar-refractivity contribution in [1.82, 2.24) is 0 Å². The van der Waals surface area contributed by atoms with E-state index in [4.69, 9.17) is 4.42 Å². The van der Waals surface area contributed by atoms with Crippen LogP contribution in [0.5, 0.6) is 0 Å². The van der Waals surface area contributed by atoms with Crippen LogP contribution >= 0.6 is 15.9 Å². The fourth-order valence-corrected chi connectivity index (χ4v) is 2.62. The van der Waals surface area contributed by atoms with Gasteiger partial charge in [0.1, 0.15) is 11.5 Å². The Hall–Kier alpha value is -2.39. The molecule has 0 aliphatic carbocycles. The number of benzene rings is 2. The number of furan rings is 1. The van der Waals surface area contributed by atoms with Gasteiger partial charge in [-0.25, -0.2) is 0 Å². The first-order valence-electron chi connectivity index (χ1n) is 7.68. The second-order valence-electron chi connectivity index (χ2n) is 5.71. The van der Waals surface area contributed by atoms with E-state index in [2.05, 4.69) is 15.9 Å². The van der Waals surface area contributed by atoms with Gasteiger partial charge >= 0.3 is 0 Å². The summed E-state index contributed by atoms with van der Waals surface area (Å²) in [4.78, 5) is 12.3. The number of hydrogen-bond donors (Lipinski definition) is 0. The Bertz CT molecular complexity index is 902. The Morgan fingerprint density at radius 3 is 2.42 bits per heavy atom. The minimum absolute atomic E-state index is 0.0281. The molecule has 3 rings (SSSR count). The van der Waals surface area contributed by atoms with Crippen molar-refractivity contribution in [2.24, 2.45) is 0 Å². The maximum absolute atomic E-state index is 12.3. The quantitative estimate of drug-likeness (QED) is 0.397. The van der Waals surface area contributed by atoms with Gasteiger partial charge in [-0.05, 0) is 67.5 Å². The fourth-order valence-electron chi connectivity index (χ4n) is 2.36. The predicted molar refractivity (Wildman–Crippen MR) is 101 cm³/mol. The van der Waals surface area contributed by atoms with E-state index >= 15 is 0 Å². The van der Waals surface area contributed by atoms with E-state index in [-0.39, 0.29) is 5.78 Å². The molecule has 0 fully saturated rings. The third kappa shape index (κ3) is 3.74. The van der Waals surface area contributed by atoms with Gasteiger partial charge in [-0.2, -0.15) is 0 Å². The number of ketones is 1. The second kappa shape index (κ2) is 7.02. The average molecular weight is 381 g/mol. The summed E-state index contributed by atoms with van der Waals surface area (Å²) in [5, 5.41) is 0. The van der Waals surface area contributed by atoms with Crippen LogP contribution in [0.2, 0.25) is 0 Å². The lowest BCUT2D eigenvalue weighted by molar-refractivity contribution is 0.104. The first-order valence-corrected chi connectivity index (χ1v) is 8.48. The van der Waals surface area contributed by atoms with Crippen LogP contribution in [-0.4, -0.2) is 5.78 Å². The fraction of sp³-hybridized carbons (Fsp3) is 0.0952. The van der Waals surface area contributed by atoms with Crippen LogP contribution in [0.4, 0.5) is 0 Å². The minimum Gasteiger partial charge on any atom is -0.457 e. The SMILES string of the molecule is Cc1ccc(C(=O)/C=C/c2ccc(-c3ccc(Br)cc3)o2)cc1C. The number of rotatable bonds is 4. The molecule has 0 saturated carbocycles. The Morgan fingerprint density at radius 1 is 0.958 bits per heavy atom.